The van der Waals surface area contributed by atoms with Crippen LogP contribution in [-0.4, -0.2) is 40.6 Å². The van der Waals surface area contributed by atoms with Crippen LogP contribution in [0.2, 0.25) is 5.02 Å². The van der Waals surface area contributed by atoms with Crippen LogP contribution in [0.1, 0.15) is 38.1 Å². The zero-order chi connectivity index (χ0) is 30.5. The van der Waals surface area contributed by atoms with Crippen molar-refractivity contribution in [3.8, 4) is 11.1 Å². The lowest BCUT2D eigenvalue weighted by molar-refractivity contribution is -0.116. The zero-order valence-electron chi connectivity index (χ0n) is 23.2. The molecule has 2 aromatic carbocycles. The molecule has 5 aromatic rings. The summed E-state index contributed by atoms with van der Waals surface area (Å²) >= 11 is 8.26. The number of ether oxygens (including phenoxy) is 2. The molecule has 1 N–H and O–H groups in total. The Morgan fingerprint density at radius 3 is 2.49 bits per heavy atom. The molecule has 0 unspecified atom stereocenters. The summed E-state index contributed by atoms with van der Waals surface area (Å²) < 4.78 is 11.9. The van der Waals surface area contributed by atoms with Crippen molar-refractivity contribution in [1.29, 1.82) is 0 Å². The summed E-state index contributed by atoms with van der Waals surface area (Å²) in [4.78, 5) is 57.1. The van der Waals surface area contributed by atoms with E-state index in [1.165, 1.54) is 22.2 Å². The van der Waals surface area contributed by atoms with E-state index in [4.69, 9.17) is 21.1 Å². The third kappa shape index (κ3) is 6.69. The molecule has 0 aliphatic rings. The number of amides is 1. The van der Waals surface area contributed by atoms with Gasteiger partial charge in [0.1, 0.15) is 26.8 Å². The molecule has 0 fully saturated rings. The van der Waals surface area contributed by atoms with Crippen LogP contribution in [0.5, 0.6) is 0 Å². The van der Waals surface area contributed by atoms with Gasteiger partial charge in [0.05, 0.1) is 24.9 Å². The highest BCUT2D eigenvalue weighted by atomic mass is 35.5. The highest BCUT2D eigenvalue weighted by Gasteiger charge is 2.24. The molecule has 43 heavy (non-hydrogen) atoms. The van der Waals surface area contributed by atoms with Crippen molar-refractivity contribution in [3.05, 3.63) is 103 Å². The lowest BCUT2D eigenvalue weighted by Crippen LogP contribution is -2.28. The van der Waals surface area contributed by atoms with Gasteiger partial charge in [-0.3, -0.25) is 14.2 Å². The molecule has 0 atom stereocenters. The highest BCUT2D eigenvalue weighted by Crippen LogP contribution is 2.37. The Morgan fingerprint density at radius 2 is 1.77 bits per heavy atom. The van der Waals surface area contributed by atoms with E-state index in [1.54, 1.807) is 43.5 Å². The number of esters is 2. The fraction of sp³-hybridized carbons (Fsp3) is 0.194. The van der Waals surface area contributed by atoms with Crippen molar-refractivity contribution < 1.29 is 23.9 Å². The predicted molar refractivity (Wildman–Crippen MR) is 168 cm³/mol. The van der Waals surface area contributed by atoms with Gasteiger partial charge in [0.15, 0.2) is 0 Å². The van der Waals surface area contributed by atoms with E-state index in [-0.39, 0.29) is 30.7 Å². The fourth-order valence-corrected chi connectivity index (χ4v) is 6.59. The number of hydrogen-bond acceptors (Lipinski definition) is 9. The maximum Gasteiger partial charge on any atom is 0.348 e. The quantitative estimate of drug-likeness (QED) is 0.177. The molecule has 0 saturated carbocycles. The smallest absolute Gasteiger partial charge is 0.348 e. The fourth-order valence-electron chi connectivity index (χ4n) is 4.46. The number of carbonyl (C=O) groups is 3. The summed E-state index contributed by atoms with van der Waals surface area (Å²) in [6.07, 6.45) is 1.84. The van der Waals surface area contributed by atoms with Crippen molar-refractivity contribution in [1.82, 2.24) is 9.55 Å². The summed E-state index contributed by atoms with van der Waals surface area (Å²) in [7, 11) is 0. The second-order valence-corrected chi connectivity index (χ2v) is 11.7. The second-order valence-electron chi connectivity index (χ2n) is 9.41. The van der Waals surface area contributed by atoms with E-state index in [0.717, 1.165) is 22.5 Å². The lowest BCUT2D eigenvalue weighted by Gasteiger charge is -2.10. The Morgan fingerprint density at radius 1 is 1.02 bits per heavy atom. The number of halogens is 1. The van der Waals surface area contributed by atoms with Gasteiger partial charge < -0.3 is 14.8 Å². The van der Waals surface area contributed by atoms with Crippen LogP contribution >= 0.6 is 34.3 Å². The van der Waals surface area contributed by atoms with Crippen molar-refractivity contribution in [3.63, 3.8) is 0 Å². The molecule has 0 aliphatic heterocycles. The summed E-state index contributed by atoms with van der Waals surface area (Å²) in [5, 5.41) is 5.59. The minimum atomic E-state index is -0.582. The largest absolute Gasteiger partial charge is 0.462 e. The molecule has 0 spiro atoms. The molecule has 1 amide bonds. The van der Waals surface area contributed by atoms with Crippen molar-refractivity contribution >= 4 is 67.3 Å². The number of nitrogens with zero attached hydrogens (tertiary/aromatic N) is 2. The summed E-state index contributed by atoms with van der Waals surface area (Å²) in [5.74, 6) is -1.64. The molecule has 0 radical (unpaired) electrons. The molecule has 0 saturated heterocycles. The lowest BCUT2D eigenvalue weighted by atomic mass is 10.0. The minimum Gasteiger partial charge on any atom is -0.462 e. The second kappa shape index (κ2) is 13.3. The first kappa shape index (κ1) is 30.1. The van der Waals surface area contributed by atoms with Crippen LogP contribution in [0.4, 0.5) is 5.00 Å². The third-order valence-corrected chi connectivity index (χ3v) is 8.89. The molecule has 3 aromatic heterocycles. The van der Waals surface area contributed by atoms with Crippen molar-refractivity contribution in [2.45, 2.75) is 26.8 Å². The molecule has 0 bridgehead atoms. The standard InChI is InChI=1S/C31H26ClN3O6S2/c1-3-40-30(38)25-22(20-9-11-21(32)12-10-20)16-42-28(25)34-23(36)15-35-17-33-27-24(29(35)37)18(2)26(43-27)31(39)41-14-13-19-7-5-4-6-8-19/h4-12,16-17H,3,13-15H2,1-2H3,(H,34,36). The van der Waals surface area contributed by atoms with Gasteiger partial charge in [0, 0.05) is 22.4 Å². The van der Waals surface area contributed by atoms with Crippen molar-refractivity contribution in [2.75, 3.05) is 18.5 Å². The molecule has 3 heterocycles. The van der Waals surface area contributed by atoms with Gasteiger partial charge in [-0.2, -0.15) is 0 Å². The molecular weight excluding hydrogens is 610 g/mol. The van der Waals surface area contributed by atoms with Gasteiger partial charge in [-0.05, 0) is 42.7 Å². The van der Waals surface area contributed by atoms with Crippen LogP contribution in [-0.2, 0) is 27.2 Å². The van der Waals surface area contributed by atoms with E-state index < -0.39 is 23.4 Å². The summed E-state index contributed by atoms with van der Waals surface area (Å²) in [6.45, 7) is 3.36. The minimum absolute atomic E-state index is 0.158. The molecule has 9 nitrogen and oxygen atoms in total. The number of rotatable bonds is 10. The number of fused-ring (bicyclic) bond motifs is 1. The number of anilines is 1. The highest BCUT2D eigenvalue weighted by molar-refractivity contribution is 7.20. The Kier molecular flexibility index (Phi) is 9.34. The molecule has 0 aliphatic carbocycles. The first-order valence-electron chi connectivity index (χ1n) is 13.3. The van der Waals surface area contributed by atoms with E-state index >= 15 is 0 Å². The van der Waals surface area contributed by atoms with Gasteiger partial charge in [-0.25, -0.2) is 14.6 Å². The SMILES string of the molecule is CCOC(=O)c1c(-c2ccc(Cl)cc2)csc1NC(=O)Cn1cnc2sc(C(=O)OCCc3ccccc3)c(C)c2c1=O. The van der Waals surface area contributed by atoms with Crippen LogP contribution in [0.15, 0.2) is 71.1 Å². The van der Waals surface area contributed by atoms with Crippen LogP contribution in [0, 0.1) is 6.92 Å². The number of benzene rings is 2. The van der Waals surface area contributed by atoms with Crippen molar-refractivity contribution in [2.24, 2.45) is 0 Å². The Hall–Kier alpha value is -4.32. The number of aromatic nitrogens is 2. The zero-order valence-corrected chi connectivity index (χ0v) is 25.6. The van der Waals surface area contributed by atoms with Crippen LogP contribution in [0.25, 0.3) is 21.3 Å². The number of aryl methyl sites for hydroxylation is 1. The molecular formula is C31H26ClN3O6S2. The van der Waals surface area contributed by atoms with Gasteiger partial charge >= 0.3 is 11.9 Å². The van der Waals surface area contributed by atoms with Crippen LogP contribution in [0.3, 0.4) is 0 Å². The van der Waals surface area contributed by atoms with Crippen LogP contribution < -0.4 is 10.9 Å². The summed E-state index contributed by atoms with van der Waals surface area (Å²) in [5.41, 5.74) is 2.57. The van der Waals surface area contributed by atoms with Gasteiger partial charge in [-0.15, -0.1) is 22.7 Å². The number of carbonyl (C=O) groups excluding carboxylic acids is 3. The average Bonchev–Trinajstić information content (AvgIpc) is 3.56. The Balaban J connectivity index is 1.33. The van der Waals surface area contributed by atoms with Gasteiger partial charge in [0.25, 0.3) is 5.56 Å². The van der Waals surface area contributed by atoms with Gasteiger partial charge in [0.2, 0.25) is 5.91 Å². The molecule has 220 valence electrons. The van der Waals surface area contributed by atoms with E-state index in [1.807, 2.05) is 30.3 Å². The maximum atomic E-state index is 13.4. The average molecular weight is 636 g/mol. The molecule has 12 heteroatoms. The number of nitrogens with one attached hydrogen (secondary N) is 1. The Labute approximate surface area is 259 Å². The topological polar surface area (TPSA) is 117 Å². The number of hydrogen-bond donors (Lipinski definition) is 1. The van der Waals surface area contributed by atoms with E-state index in [0.29, 0.717) is 37.3 Å². The molecule has 5 rings (SSSR count). The number of thiophene rings is 2. The maximum absolute atomic E-state index is 13.4. The predicted octanol–water partition coefficient (Wildman–Crippen LogP) is 6.36. The third-order valence-electron chi connectivity index (χ3n) is 6.56. The first-order chi connectivity index (χ1) is 20.8. The Bertz CT molecular complexity index is 1860. The summed E-state index contributed by atoms with van der Waals surface area (Å²) in [6, 6.07) is 16.6. The van der Waals surface area contributed by atoms with E-state index in [2.05, 4.69) is 10.3 Å². The van der Waals surface area contributed by atoms with Gasteiger partial charge in [-0.1, -0.05) is 54.1 Å². The van der Waals surface area contributed by atoms with E-state index in [9.17, 15) is 19.2 Å². The normalized spacial score (nSPS) is 11.0. The first-order valence-corrected chi connectivity index (χ1v) is 15.4. The monoisotopic (exact) mass is 635 g/mol.